The van der Waals surface area contributed by atoms with Crippen LogP contribution in [0.4, 0.5) is 0 Å². The van der Waals surface area contributed by atoms with Crippen molar-refractivity contribution in [3.8, 4) is 34.8 Å². The molecule has 0 aromatic heterocycles. The number of methoxy groups -OCH3 is 1. The molecular weight excluding hydrogens is 769 g/mol. The van der Waals surface area contributed by atoms with Crippen LogP contribution in [0.15, 0.2) is 158 Å². The van der Waals surface area contributed by atoms with Crippen molar-refractivity contribution in [3.05, 3.63) is 186 Å². The molecule has 0 saturated heterocycles. The van der Waals surface area contributed by atoms with E-state index in [1.807, 2.05) is 128 Å². The highest BCUT2D eigenvalue weighted by Gasteiger charge is 2.73. The molecule has 7 rings (SSSR count). The molecule has 58 heavy (non-hydrogen) atoms. The minimum absolute atomic E-state index is 0.0789. The van der Waals surface area contributed by atoms with Crippen LogP contribution < -0.4 is 14.2 Å². The summed E-state index contributed by atoms with van der Waals surface area (Å²) in [6.07, 6.45) is -0.904. The lowest BCUT2D eigenvalue weighted by Gasteiger charge is -2.25. The highest BCUT2D eigenvalue weighted by atomic mass is 35.5. The smallest absolute Gasteiger partial charge is 0.321 e. The maximum Gasteiger partial charge on any atom is 0.321 e. The summed E-state index contributed by atoms with van der Waals surface area (Å²) in [5.74, 6) is 3.08. The molecule has 1 aliphatic rings. The van der Waals surface area contributed by atoms with Gasteiger partial charge in [0, 0.05) is 17.4 Å². The molecule has 0 heterocycles. The Bertz CT molecular complexity index is 2310. The monoisotopic (exact) mass is 813 g/mol. The third kappa shape index (κ3) is 10.4. The Kier molecular flexibility index (Phi) is 13.5. The maximum atomic E-state index is 13.2. The molecule has 1 aliphatic carbocycles. The molecule has 0 bridgehead atoms. The van der Waals surface area contributed by atoms with Crippen LogP contribution in [0.3, 0.4) is 0 Å². The first-order valence-corrected chi connectivity index (χ1v) is 19.6. The predicted molar refractivity (Wildman–Crippen MR) is 228 cm³/mol. The van der Waals surface area contributed by atoms with Gasteiger partial charge in [-0.3, -0.25) is 4.79 Å². The maximum absolute atomic E-state index is 13.2. The van der Waals surface area contributed by atoms with Gasteiger partial charge in [0.25, 0.3) is 0 Å². The zero-order valence-corrected chi connectivity index (χ0v) is 34.4. The van der Waals surface area contributed by atoms with E-state index < -0.39 is 21.8 Å². The summed E-state index contributed by atoms with van der Waals surface area (Å²) >= 11 is 12.8. The summed E-state index contributed by atoms with van der Waals surface area (Å²) in [7, 11) is 1.68. The Labute approximate surface area is 350 Å². The second-order valence-electron chi connectivity index (χ2n) is 14.7. The van der Waals surface area contributed by atoms with E-state index in [1.54, 1.807) is 31.4 Å². The number of hydrogen-bond acceptors (Lipinski definition) is 7. The Morgan fingerprint density at radius 1 is 0.724 bits per heavy atom. The summed E-state index contributed by atoms with van der Waals surface area (Å²) in [4.78, 5) is 13.2. The standard InChI is InChI=1S/C25H19Cl2NO3.C24H26O3/c1-17-10-12-19(13-11-17)24(16-25(24,26)27)23(29)31-22(15-28)18-6-5-9-21(14-18)30-20-7-3-2-4-8-20;1-24(2,20-12-14-21(25-3)15-13-20)18-26-17-19-8-7-11-23(16-19)27-22-9-5-4-6-10-22/h2-14,22H,16H2,1H3;4-16H,17-18H2,1-3H3. The SMILES string of the molecule is COc1ccc(C(C)(C)COCc2cccc(Oc3ccccc3)c2)cc1.Cc1ccc(C2(C(=O)OC(C#N)c3cccc(Oc4ccccc4)c3)CC2(Cl)Cl)cc1. The first kappa shape index (κ1) is 41.8. The number of aryl methyl sites for hydroxylation is 1. The number of para-hydroxylation sites is 2. The number of alkyl halides is 2. The second-order valence-corrected chi connectivity index (χ2v) is 16.2. The average molecular weight is 815 g/mol. The van der Waals surface area contributed by atoms with Crippen LogP contribution in [0.2, 0.25) is 0 Å². The number of rotatable bonds is 14. The Morgan fingerprint density at radius 2 is 1.28 bits per heavy atom. The number of nitriles is 1. The Hall–Kier alpha value is -5.78. The summed E-state index contributed by atoms with van der Waals surface area (Å²) in [5.41, 5.74) is 3.26. The quantitative estimate of drug-likeness (QED) is 0.0799. The number of halogens is 2. The molecule has 9 heteroatoms. The molecule has 0 spiro atoms. The predicted octanol–water partition coefficient (Wildman–Crippen LogP) is 12.4. The molecule has 7 nitrogen and oxygen atoms in total. The van der Waals surface area contributed by atoms with Crippen molar-refractivity contribution in [2.45, 2.75) is 55.1 Å². The number of nitrogens with zero attached hydrogens (tertiary/aromatic N) is 1. The molecule has 0 radical (unpaired) electrons. The molecule has 6 aromatic rings. The van der Waals surface area contributed by atoms with Crippen LogP contribution in [0.5, 0.6) is 28.7 Å². The van der Waals surface area contributed by atoms with Crippen molar-refractivity contribution < 1.29 is 28.5 Å². The second kappa shape index (κ2) is 18.7. The van der Waals surface area contributed by atoms with Crippen molar-refractivity contribution >= 4 is 29.2 Å². The molecular formula is C49H45Cl2NO6. The molecule has 296 valence electrons. The Morgan fingerprint density at radius 3 is 1.83 bits per heavy atom. The fourth-order valence-electron chi connectivity index (χ4n) is 6.39. The van der Waals surface area contributed by atoms with E-state index in [0.717, 1.165) is 28.4 Å². The van der Waals surface area contributed by atoms with Gasteiger partial charge in [0.1, 0.15) is 44.6 Å². The fourth-order valence-corrected chi connectivity index (χ4v) is 7.17. The van der Waals surface area contributed by atoms with Crippen molar-refractivity contribution in [1.29, 1.82) is 5.26 Å². The van der Waals surface area contributed by atoms with E-state index in [2.05, 4.69) is 32.0 Å². The molecule has 2 atom stereocenters. The van der Waals surface area contributed by atoms with Gasteiger partial charge in [-0.15, -0.1) is 0 Å². The van der Waals surface area contributed by atoms with Crippen molar-refractivity contribution in [1.82, 2.24) is 0 Å². The van der Waals surface area contributed by atoms with E-state index in [9.17, 15) is 10.1 Å². The van der Waals surface area contributed by atoms with E-state index >= 15 is 0 Å². The number of carbonyl (C=O) groups excluding carboxylic acids is 1. The fraction of sp³-hybridized carbons (Fsp3) is 0.224. The summed E-state index contributed by atoms with van der Waals surface area (Å²) < 4.78 is 27.3. The number of benzene rings is 6. The van der Waals surface area contributed by atoms with Crippen LogP contribution in [-0.4, -0.2) is 24.0 Å². The van der Waals surface area contributed by atoms with E-state index in [1.165, 1.54) is 5.56 Å². The lowest BCUT2D eigenvalue weighted by Crippen LogP contribution is -2.30. The Balaban J connectivity index is 0.000000198. The molecule has 1 fully saturated rings. The zero-order valence-electron chi connectivity index (χ0n) is 32.9. The molecule has 6 aromatic carbocycles. The molecule has 0 amide bonds. The van der Waals surface area contributed by atoms with Crippen LogP contribution in [-0.2, 0) is 31.7 Å². The van der Waals surface area contributed by atoms with Gasteiger partial charge in [-0.1, -0.05) is 140 Å². The first-order chi connectivity index (χ1) is 27.9. The highest BCUT2D eigenvalue weighted by Crippen LogP contribution is 2.65. The van der Waals surface area contributed by atoms with E-state index in [4.69, 9.17) is 46.9 Å². The van der Waals surface area contributed by atoms with Crippen LogP contribution in [0.1, 0.15) is 54.2 Å². The van der Waals surface area contributed by atoms with Crippen LogP contribution in [0, 0.1) is 18.3 Å². The third-order valence-electron chi connectivity index (χ3n) is 9.84. The van der Waals surface area contributed by atoms with Gasteiger partial charge in [0.05, 0.1) is 20.3 Å². The molecule has 0 aliphatic heterocycles. The zero-order chi connectivity index (χ0) is 41.2. The average Bonchev–Trinajstić information content (AvgIpc) is 3.83. The number of ether oxygens (including phenoxy) is 5. The third-order valence-corrected chi connectivity index (χ3v) is 10.8. The van der Waals surface area contributed by atoms with Gasteiger partial charge in [-0.25, -0.2) is 0 Å². The highest BCUT2D eigenvalue weighted by molar-refractivity contribution is 6.54. The van der Waals surface area contributed by atoms with Crippen molar-refractivity contribution in [2.75, 3.05) is 13.7 Å². The summed E-state index contributed by atoms with van der Waals surface area (Å²) in [6.45, 7) is 7.49. The number of carbonyl (C=O) groups is 1. The number of hydrogen-bond donors (Lipinski definition) is 0. The van der Waals surface area contributed by atoms with Gasteiger partial charge in [0.15, 0.2) is 0 Å². The lowest BCUT2D eigenvalue weighted by atomic mass is 9.85. The minimum atomic E-state index is -1.28. The van der Waals surface area contributed by atoms with Gasteiger partial charge in [-0.2, -0.15) is 5.26 Å². The van der Waals surface area contributed by atoms with Gasteiger partial charge < -0.3 is 23.7 Å². The molecule has 0 N–H and O–H groups in total. The van der Waals surface area contributed by atoms with Crippen molar-refractivity contribution in [3.63, 3.8) is 0 Å². The summed E-state index contributed by atoms with van der Waals surface area (Å²) in [6, 6.07) is 51.6. The van der Waals surface area contributed by atoms with Gasteiger partial charge in [0.2, 0.25) is 6.10 Å². The van der Waals surface area contributed by atoms with Gasteiger partial charge >= 0.3 is 5.97 Å². The normalized spacial score (nSPS) is 15.7. The van der Waals surface area contributed by atoms with Gasteiger partial charge in [-0.05, 0) is 84.3 Å². The first-order valence-electron chi connectivity index (χ1n) is 18.9. The topological polar surface area (TPSA) is 87.0 Å². The van der Waals surface area contributed by atoms with E-state index in [-0.39, 0.29) is 11.8 Å². The molecule has 1 saturated carbocycles. The largest absolute Gasteiger partial charge is 0.497 e. The van der Waals surface area contributed by atoms with Crippen molar-refractivity contribution in [2.24, 2.45) is 0 Å². The minimum Gasteiger partial charge on any atom is -0.497 e. The number of esters is 1. The summed E-state index contributed by atoms with van der Waals surface area (Å²) in [5, 5.41) is 9.70. The van der Waals surface area contributed by atoms with Crippen LogP contribution >= 0.6 is 23.2 Å². The lowest BCUT2D eigenvalue weighted by molar-refractivity contribution is -0.150. The molecule has 2 unspecified atom stereocenters. The van der Waals surface area contributed by atoms with Crippen LogP contribution in [0.25, 0.3) is 0 Å². The van der Waals surface area contributed by atoms with E-state index in [0.29, 0.717) is 35.8 Å².